The average Bonchev–Trinajstić information content (AvgIpc) is 3.22. The molecular formula is C36H24S. The molecule has 0 saturated heterocycles. The van der Waals surface area contributed by atoms with Crippen LogP contribution in [0.5, 0.6) is 0 Å². The molecule has 1 atom stereocenters. The Morgan fingerprint density at radius 3 is 2.11 bits per heavy atom. The van der Waals surface area contributed by atoms with E-state index in [1.54, 1.807) is 0 Å². The summed E-state index contributed by atoms with van der Waals surface area (Å²) in [6.07, 6.45) is 0. The average molecular weight is 489 g/mol. The van der Waals surface area contributed by atoms with Gasteiger partial charge in [-0.15, -0.1) is 0 Å². The van der Waals surface area contributed by atoms with E-state index in [0.29, 0.717) is 0 Å². The molecule has 2 aliphatic rings. The summed E-state index contributed by atoms with van der Waals surface area (Å²) in [4.78, 5) is 2.67. The molecule has 0 fully saturated rings. The summed E-state index contributed by atoms with van der Waals surface area (Å²) >= 11 is 1.89. The molecule has 1 aliphatic heterocycles. The molecule has 0 nitrogen and oxygen atoms in total. The molecular weight excluding hydrogens is 464 g/mol. The lowest BCUT2D eigenvalue weighted by Crippen LogP contribution is -2.22. The lowest BCUT2D eigenvalue weighted by molar-refractivity contribution is 0.714. The van der Waals surface area contributed by atoms with Crippen molar-refractivity contribution in [3.8, 4) is 33.4 Å². The molecule has 6 aromatic carbocycles. The summed E-state index contributed by atoms with van der Waals surface area (Å²) in [6.45, 7) is 2.39. The Balaban J connectivity index is 1.43. The maximum Gasteiger partial charge on any atom is 0.0435 e. The van der Waals surface area contributed by atoms with Crippen molar-refractivity contribution in [2.24, 2.45) is 0 Å². The predicted octanol–water partition coefficient (Wildman–Crippen LogP) is 9.97. The first-order valence-electron chi connectivity index (χ1n) is 12.9. The van der Waals surface area contributed by atoms with E-state index in [1.807, 2.05) is 11.8 Å². The third kappa shape index (κ3) is 2.86. The first-order valence-corrected chi connectivity index (χ1v) is 13.7. The SMILES string of the molecule is CC1(c2ccccc2)c2ccccc2-c2ccc(-c3ccc4cccc5c4c3-c3ccccc3S5)cc21. The molecule has 0 bridgehead atoms. The quantitative estimate of drug-likeness (QED) is 0.233. The Morgan fingerprint density at radius 1 is 0.514 bits per heavy atom. The highest BCUT2D eigenvalue weighted by atomic mass is 32.2. The maximum absolute atomic E-state index is 2.47. The fraction of sp³-hybridized carbons (Fsp3) is 0.0556. The van der Waals surface area contributed by atoms with E-state index in [4.69, 9.17) is 0 Å². The molecule has 6 aromatic rings. The molecule has 0 spiro atoms. The molecule has 1 unspecified atom stereocenters. The van der Waals surface area contributed by atoms with E-state index in [-0.39, 0.29) is 5.41 Å². The van der Waals surface area contributed by atoms with E-state index >= 15 is 0 Å². The summed E-state index contributed by atoms with van der Waals surface area (Å²) in [5, 5.41) is 2.68. The second kappa shape index (κ2) is 7.71. The molecule has 1 aliphatic carbocycles. The van der Waals surface area contributed by atoms with Crippen molar-refractivity contribution in [3.05, 3.63) is 144 Å². The monoisotopic (exact) mass is 488 g/mol. The van der Waals surface area contributed by atoms with E-state index in [2.05, 4.69) is 134 Å². The number of hydrogen-bond acceptors (Lipinski definition) is 1. The zero-order valence-corrected chi connectivity index (χ0v) is 21.3. The van der Waals surface area contributed by atoms with Crippen molar-refractivity contribution in [3.63, 3.8) is 0 Å². The van der Waals surface area contributed by atoms with Crippen LogP contribution in [0.15, 0.2) is 137 Å². The fourth-order valence-electron chi connectivity index (χ4n) is 6.57. The topological polar surface area (TPSA) is 0 Å². The van der Waals surface area contributed by atoms with E-state index in [9.17, 15) is 0 Å². The molecule has 1 heteroatoms. The Kier molecular flexibility index (Phi) is 4.39. The van der Waals surface area contributed by atoms with Crippen molar-refractivity contribution < 1.29 is 0 Å². The van der Waals surface area contributed by atoms with E-state index in [0.717, 1.165) is 0 Å². The molecule has 174 valence electrons. The van der Waals surface area contributed by atoms with Crippen LogP contribution in [0.2, 0.25) is 0 Å². The highest BCUT2D eigenvalue weighted by Crippen LogP contribution is 2.55. The minimum absolute atomic E-state index is 0.198. The zero-order chi connectivity index (χ0) is 24.6. The third-order valence-corrected chi connectivity index (χ3v) is 9.50. The van der Waals surface area contributed by atoms with Gasteiger partial charge in [-0.05, 0) is 80.6 Å². The zero-order valence-electron chi connectivity index (χ0n) is 20.5. The highest BCUT2D eigenvalue weighted by Gasteiger charge is 2.40. The van der Waals surface area contributed by atoms with Crippen molar-refractivity contribution in [2.75, 3.05) is 0 Å². The molecule has 0 N–H and O–H groups in total. The van der Waals surface area contributed by atoms with Gasteiger partial charge in [-0.25, -0.2) is 0 Å². The number of hydrogen-bond donors (Lipinski definition) is 0. The van der Waals surface area contributed by atoms with Gasteiger partial charge >= 0.3 is 0 Å². The van der Waals surface area contributed by atoms with Crippen LogP contribution in [0.1, 0.15) is 23.6 Å². The Hall–Kier alpha value is -4.07. The minimum Gasteiger partial charge on any atom is -0.0888 e. The van der Waals surface area contributed by atoms with Gasteiger partial charge in [0.05, 0.1) is 0 Å². The molecule has 0 aromatic heterocycles. The summed E-state index contributed by atoms with van der Waals surface area (Å²) in [6, 6.07) is 47.2. The first-order chi connectivity index (χ1) is 18.2. The Morgan fingerprint density at radius 2 is 1.22 bits per heavy atom. The van der Waals surface area contributed by atoms with Crippen molar-refractivity contribution in [1.29, 1.82) is 0 Å². The number of rotatable bonds is 2. The van der Waals surface area contributed by atoms with Crippen molar-refractivity contribution in [1.82, 2.24) is 0 Å². The maximum atomic E-state index is 2.47. The minimum atomic E-state index is -0.198. The second-order valence-electron chi connectivity index (χ2n) is 10.2. The Labute approximate surface area is 221 Å². The molecule has 1 heterocycles. The van der Waals surface area contributed by atoms with Gasteiger partial charge in [-0.1, -0.05) is 121 Å². The van der Waals surface area contributed by atoms with E-state index < -0.39 is 0 Å². The van der Waals surface area contributed by atoms with Crippen LogP contribution >= 0.6 is 11.8 Å². The molecule has 37 heavy (non-hydrogen) atoms. The fourth-order valence-corrected chi connectivity index (χ4v) is 7.71. The summed E-state index contributed by atoms with van der Waals surface area (Å²) in [7, 11) is 0. The van der Waals surface area contributed by atoms with Gasteiger partial charge in [0.15, 0.2) is 0 Å². The predicted molar refractivity (Wildman–Crippen MR) is 156 cm³/mol. The summed E-state index contributed by atoms with van der Waals surface area (Å²) in [5.41, 5.74) is 11.9. The van der Waals surface area contributed by atoms with Crippen LogP contribution in [0, 0.1) is 0 Å². The van der Waals surface area contributed by atoms with Gasteiger partial charge in [0.2, 0.25) is 0 Å². The summed E-state index contributed by atoms with van der Waals surface area (Å²) < 4.78 is 0. The van der Waals surface area contributed by atoms with Crippen LogP contribution in [0.3, 0.4) is 0 Å². The smallest absolute Gasteiger partial charge is 0.0435 e. The largest absolute Gasteiger partial charge is 0.0888 e. The molecule has 0 amide bonds. The van der Waals surface area contributed by atoms with Gasteiger partial charge in [0.1, 0.15) is 0 Å². The van der Waals surface area contributed by atoms with Gasteiger partial charge in [-0.3, -0.25) is 0 Å². The highest BCUT2D eigenvalue weighted by molar-refractivity contribution is 7.99. The third-order valence-electron chi connectivity index (χ3n) is 8.36. The van der Waals surface area contributed by atoms with Gasteiger partial charge < -0.3 is 0 Å². The van der Waals surface area contributed by atoms with Gasteiger partial charge in [0, 0.05) is 20.6 Å². The first kappa shape index (κ1) is 21.1. The van der Waals surface area contributed by atoms with Crippen LogP contribution in [0.4, 0.5) is 0 Å². The normalized spacial score (nSPS) is 16.8. The second-order valence-corrected chi connectivity index (χ2v) is 11.3. The molecule has 8 rings (SSSR count). The summed E-state index contributed by atoms with van der Waals surface area (Å²) in [5.74, 6) is 0. The molecule has 0 radical (unpaired) electrons. The molecule has 0 saturated carbocycles. The lowest BCUT2D eigenvalue weighted by atomic mass is 9.73. The Bertz CT molecular complexity index is 1860. The van der Waals surface area contributed by atoms with Crippen molar-refractivity contribution in [2.45, 2.75) is 22.1 Å². The number of fused-ring (bicyclic) bond motifs is 5. The van der Waals surface area contributed by atoms with Crippen LogP contribution in [-0.4, -0.2) is 0 Å². The van der Waals surface area contributed by atoms with Crippen LogP contribution in [0.25, 0.3) is 44.2 Å². The van der Waals surface area contributed by atoms with Crippen LogP contribution in [-0.2, 0) is 5.41 Å². The lowest BCUT2D eigenvalue weighted by Gasteiger charge is -2.29. The van der Waals surface area contributed by atoms with Crippen LogP contribution < -0.4 is 0 Å². The number of benzene rings is 6. The van der Waals surface area contributed by atoms with Crippen molar-refractivity contribution >= 4 is 22.5 Å². The standard InChI is InChI=1S/C36H24S/c1-36(25-11-3-2-4-12-25)30-15-7-5-13-27(30)28-21-19-24(22-31(28)36)26-20-18-23-10-9-17-33-34(23)35(26)29-14-6-8-16-32(29)37-33/h2-22H,1H3. The van der Waals surface area contributed by atoms with E-state index in [1.165, 1.54) is 70.6 Å². The van der Waals surface area contributed by atoms with Gasteiger partial charge in [-0.2, -0.15) is 0 Å². The van der Waals surface area contributed by atoms with Gasteiger partial charge in [0.25, 0.3) is 0 Å².